The van der Waals surface area contributed by atoms with E-state index in [1.807, 2.05) is 13.8 Å². The van der Waals surface area contributed by atoms with Gasteiger partial charge >= 0.3 is 5.97 Å². The number of cyclic esters (lactones) is 1. The molecule has 1 saturated heterocycles. The standard InChI is InChI=1S/C6H10O2S/c1-6(2)3-8-5(7)4(6)9/h4,9H,3H2,1-2H3. The molecule has 1 fully saturated rings. The summed E-state index contributed by atoms with van der Waals surface area (Å²) in [5.74, 6) is -0.191. The molecule has 0 bridgehead atoms. The number of carbonyl (C=O) groups excluding carboxylic acids is 1. The lowest BCUT2D eigenvalue weighted by molar-refractivity contribution is -0.137. The molecule has 0 aromatic carbocycles. The molecular formula is C6H10O2S. The van der Waals surface area contributed by atoms with Crippen molar-refractivity contribution in [3.8, 4) is 0 Å². The Balaban J connectivity index is 2.73. The fourth-order valence-electron chi connectivity index (χ4n) is 0.734. The van der Waals surface area contributed by atoms with Crippen LogP contribution in [0.3, 0.4) is 0 Å². The summed E-state index contributed by atoms with van der Waals surface area (Å²) in [6.45, 7) is 4.44. The molecule has 1 atom stereocenters. The van der Waals surface area contributed by atoms with Crippen LogP contribution >= 0.6 is 12.6 Å². The van der Waals surface area contributed by atoms with Gasteiger partial charge in [-0.3, -0.25) is 4.79 Å². The van der Waals surface area contributed by atoms with Gasteiger partial charge in [0.1, 0.15) is 5.25 Å². The molecule has 0 aromatic heterocycles. The number of rotatable bonds is 0. The van der Waals surface area contributed by atoms with Crippen LogP contribution in [0.1, 0.15) is 13.8 Å². The van der Waals surface area contributed by atoms with Gasteiger partial charge < -0.3 is 4.74 Å². The van der Waals surface area contributed by atoms with E-state index in [1.165, 1.54) is 0 Å². The molecule has 0 spiro atoms. The number of carbonyl (C=O) groups is 1. The summed E-state index contributed by atoms with van der Waals surface area (Å²) in [5, 5.41) is -0.238. The van der Waals surface area contributed by atoms with Gasteiger partial charge in [0.25, 0.3) is 0 Å². The zero-order chi connectivity index (χ0) is 7.07. The second-order valence-corrected chi connectivity index (χ2v) is 3.52. The highest BCUT2D eigenvalue weighted by Crippen LogP contribution is 2.31. The Morgan fingerprint density at radius 2 is 2.33 bits per heavy atom. The first-order valence-electron chi connectivity index (χ1n) is 2.89. The topological polar surface area (TPSA) is 26.3 Å². The highest BCUT2D eigenvalue weighted by Gasteiger charge is 2.40. The summed E-state index contributed by atoms with van der Waals surface area (Å²) in [6.07, 6.45) is 0. The smallest absolute Gasteiger partial charge is 0.319 e. The maximum atomic E-state index is 10.7. The highest BCUT2D eigenvalue weighted by molar-refractivity contribution is 7.81. The summed E-state index contributed by atoms with van der Waals surface area (Å²) in [4.78, 5) is 10.7. The van der Waals surface area contributed by atoms with E-state index in [-0.39, 0.29) is 16.6 Å². The Labute approximate surface area is 60.0 Å². The molecule has 3 heteroatoms. The van der Waals surface area contributed by atoms with E-state index in [4.69, 9.17) is 4.74 Å². The van der Waals surface area contributed by atoms with Gasteiger partial charge in [-0.25, -0.2) is 0 Å². The summed E-state index contributed by atoms with van der Waals surface area (Å²) < 4.78 is 4.77. The summed E-state index contributed by atoms with van der Waals surface area (Å²) >= 11 is 4.09. The van der Waals surface area contributed by atoms with Crippen LogP contribution in [0.2, 0.25) is 0 Å². The lowest BCUT2D eigenvalue weighted by Gasteiger charge is -2.15. The van der Waals surface area contributed by atoms with E-state index in [0.29, 0.717) is 6.61 Å². The second kappa shape index (κ2) is 1.90. The van der Waals surface area contributed by atoms with Gasteiger partial charge in [0.05, 0.1) is 6.61 Å². The van der Waals surface area contributed by atoms with Gasteiger partial charge in [-0.05, 0) is 0 Å². The average molecular weight is 146 g/mol. The fraction of sp³-hybridized carbons (Fsp3) is 0.833. The minimum Gasteiger partial charge on any atom is -0.464 e. The molecule has 0 aromatic rings. The third kappa shape index (κ3) is 1.06. The van der Waals surface area contributed by atoms with Gasteiger partial charge in [0.15, 0.2) is 0 Å². The molecule has 0 N–H and O–H groups in total. The van der Waals surface area contributed by atoms with E-state index in [9.17, 15) is 4.79 Å². The molecule has 1 aliphatic rings. The van der Waals surface area contributed by atoms with Crippen LogP contribution < -0.4 is 0 Å². The first-order valence-corrected chi connectivity index (χ1v) is 3.40. The lowest BCUT2D eigenvalue weighted by atomic mass is 9.92. The van der Waals surface area contributed by atoms with Gasteiger partial charge in [0.2, 0.25) is 0 Å². The molecule has 0 aliphatic carbocycles. The Hall–Kier alpha value is -0.180. The maximum absolute atomic E-state index is 10.7. The normalized spacial score (nSPS) is 32.3. The van der Waals surface area contributed by atoms with Crippen LogP contribution in [-0.4, -0.2) is 17.8 Å². The molecule has 0 saturated carbocycles. The minimum atomic E-state index is -0.238. The van der Waals surface area contributed by atoms with Crippen molar-refractivity contribution in [3.05, 3.63) is 0 Å². The van der Waals surface area contributed by atoms with Crippen molar-refractivity contribution in [1.29, 1.82) is 0 Å². The van der Waals surface area contributed by atoms with Crippen LogP contribution in [0, 0.1) is 5.41 Å². The van der Waals surface area contributed by atoms with Crippen LogP contribution in [-0.2, 0) is 9.53 Å². The van der Waals surface area contributed by atoms with Gasteiger partial charge in [-0.1, -0.05) is 13.8 Å². The SMILES string of the molecule is CC1(C)COC(=O)C1S. The largest absolute Gasteiger partial charge is 0.464 e. The summed E-state index contributed by atoms with van der Waals surface area (Å²) in [5.41, 5.74) is -0.0831. The van der Waals surface area contributed by atoms with Crippen molar-refractivity contribution in [2.75, 3.05) is 6.61 Å². The average Bonchev–Trinajstić information content (AvgIpc) is 1.97. The molecule has 1 aliphatic heterocycles. The molecule has 1 rings (SSSR count). The van der Waals surface area contributed by atoms with E-state index < -0.39 is 0 Å². The molecule has 52 valence electrons. The van der Waals surface area contributed by atoms with Gasteiger partial charge in [-0.15, -0.1) is 0 Å². The van der Waals surface area contributed by atoms with Crippen molar-refractivity contribution >= 4 is 18.6 Å². The van der Waals surface area contributed by atoms with E-state index in [1.54, 1.807) is 0 Å². The zero-order valence-electron chi connectivity index (χ0n) is 5.55. The highest BCUT2D eigenvalue weighted by atomic mass is 32.1. The lowest BCUT2D eigenvalue weighted by Crippen LogP contribution is -2.24. The fourth-order valence-corrected chi connectivity index (χ4v) is 0.883. The Morgan fingerprint density at radius 1 is 1.78 bits per heavy atom. The predicted molar refractivity (Wildman–Crippen MR) is 37.5 cm³/mol. The Morgan fingerprint density at radius 3 is 2.44 bits per heavy atom. The Bertz CT molecular complexity index is 142. The molecular weight excluding hydrogens is 136 g/mol. The van der Waals surface area contributed by atoms with E-state index >= 15 is 0 Å². The number of hydrogen-bond donors (Lipinski definition) is 1. The summed E-state index contributed by atoms with van der Waals surface area (Å²) in [7, 11) is 0. The second-order valence-electron chi connectivity index (χ2n) is 3.00. The van der Waals surface area contributed by atoms with Crippen LogP contribution in [0.25, 0.3) is 0 Å². The molecule has 0 radical (unpaired) electrons. The first kappa shape index (κ1) is 6.93. The maximum Gasteiger partial charge on any atom is 0.319 e. The molecule has 1 heterocycles. The summed E-state index contributed by atoms with van der Waals surface area (Å²) in [6, 6.07) is 0. The van der Waals surface area contributed by atoms with E-state index in [0.717, 1.165) is 0 Å². The molecule has 9 heavy (non-hydrogen) atoms. The van der Waals surface area contributed by atoms with Crippen LogP contribution in [0.15, 0.2) is 0 Å². The third-order valence-corrected chi connectivity index (χ3v) is 2.46. The monoisotopic (exact) mass is 146 g/mol. The van der Waals surface area contributed by atoms with Gasteiger partial charge in [0, 0.05) is 5.41 Å². The van der Waals surface area contributed by atoms with Crippen molar-refractivity contribution in [1.82, 2.24) is 0 Å². The molecule has 0 amide bonds. The predicted octanol–water partition coefficient (Wildman–Crippen LogP) is 0.868. The number of hydrogen-bond acceptors (Lipinski definition) is 3. The first-order chi connectivity index (χ1) is 4.04. The number of esters is 1. The van der Waals surface area contributed by atoms with Crippen LogP contribution in [0.5, 0.6) is 0 Å². The number of ether oxygens (including phenoxy) is 1. The van der Waals surface area contributed by atoms with Crippen molar-refractivity contribution < 1.29 is 9.53 Å². The molecule has 2 nitrogen and oxygen atoms in total. The van der Waals surface area contributed by atoms with E-state index in [2.05, 4.69) is 12.6 Å². The van der Waals surface area contributed by atoms with Gasteiger partial charge in [-0.2, -0.15) is 12.6 Å². The quantitative estimate of drug-likeness (QED) is 0.405. The molecule has 1 unspecified atom stereocenters. The zero-order valence-corrected chi connectivity index (χ0v) is 6.44. The van der Waals surface area contributed by atoms with Crippen LogP contribution in [0.4, 0.5) is 0 Å². The van der Waals surface area contributed by atoms with Crippen molar-refractivity contribution in [2.24, 2.45) is 5.41 Å². The van der Waals surface area contributed by atoms with Crippen molar-refractivity contribution in [3.63, 3.8) is 0 Å². The minimum absolute atomic E-state index is 0.0831. The number of thiol groups is 1. The Kier molecular flexibility index (Phi) is 1.47. The van der Waals surface area contributed by atoms with Crippen molar-refractivity contribution in [2.45, 2.75) is 19.1 Å². The third-order valence-electron chi connectivity index (χ3n) is 1.55.